The van der Waals surface area contributed by atoms with E-state index in [1.54, 1.807) is 16.7 Å². The molecule has 0 spiro atoms. The molecule has 0 aliphatic heterocycles. The predicted molar refractivity (Wildman–Crippen MR) is 49.1 cm³/mol. The zero-order chi connectivity index (χ0) is 9.42. The summed E-state index contributed by atoms with van der Waals surface area (Å²) in [5.41, 5.74) is 1.65. The molecule has 2 nitrogen and oxygen atoms in total. The number of fused-ring (bicyclic) bond motifs is 1. The molecule has 0 saturated carbocycles. The minimum absolute atomic E-state index is 0. The standard InChI is InChI=1S/C11H11NO.Na/c1-8-6-7-9-4-3-5-10(13)11(9)12(8)2;/h3-7,13H,2H2,1H3;/q;+1/p-1. The fourth-order valence-corrected chi connectivity index (χ4v) is 1.44. The Morgan fingerprint density at radius 1 is 1.21 bits per heavy atom. The summed E-state index contributed by atoms with van der Waals surface area (Å²) in [6.07, 6.45) is 0. The molecule has 0 N–H and O–H groups in total. The van der Waals surface area contributed by atoms with Crippen molar-refractivity contribution in [1.29, 1.82) is 0 Å². The van der Waals surface area contributed by atoms with E-state index >= 15 is 0 Å². The van der Waals surface area contributed by atoms with E-state index in [1.807, 2.05) is 25.1 Å². The molecule has 0 amide bonds. The number of hydrogen-bond acceptors (Lipinski definition) is 1. The van der Waals surface area contributed by atoms with Crippen LogP contribution in [-0.4, -0.2) is 0 Å². The van der Waals surface area contributed by atoms with Gasteiger partial charge in [-0.05, 0) is 12.3 Å². The molecule has 14 heavy (non-hydrogen) atoms. The number of para-hydroxylation sites is 1. The third kappa shape index (κ3) is 1.73. The van der Waals surface area contributed by atoms with Gasteiger partial charge in [0.15, 0.2) is 0 Å². The quantitative estimate of drug-likeness (QED) is 0.275. The van der Waals surface area contributed by atoms with Gasteiger partial charge in [-0.1, -0.05) is 36.1 Å². The third-order valence-electron chi connectivity index (χ3n) is 2.23. The van der Waals surface area contributed by atoms with Crippen LogP contribution in [0.3, 0.4) is 0 Å². The van der Waals surface area contributed by atoms with Gasteiger partial charge in [-0.25, -0.2) is 0 Å². The topological polar surface area (TPSA) is 26.9 Å². The normalized spacial score (nSPS) is 9.79. The minimum atomic E-state index is 0. The molecule has 1 heterocycles. The van der Waals surface area contributed by atoms with Crippen LogP contribution < -0.4 is 39.2 Å². The van der Waals surface area contributed by atoms with Crippen molar-refractivity contribution in [3.05, 3.63) is 43.1 Å². The number of aryl methyl sites for hydroxylation is 1. The second kappa shape index (κ2) is 4.22. The van der Waals surface area contributed by atoms with Crippen LogP contribution >= 0.6 is 0 Å². The minimum Gasteiger partial charge on any atom is -0.877 e. The second-order valence-corrected chi connectivity index (χ2v) is 3.10. The zero-order valence-corrected chi connectivity index (χ0v) is 10.4. The van der Waals surface area contributed by atoms with Crippen molar-refractivity contribution < 1.29 is 39.2 Å². The van der Waals surface area contributed by atoms with E-state index in [0.717, 1.165) is 11.1 Å². The predicted octanol–water partition coefficient (Wildman–Crippen LogP) is -1.85. The number of nitrogens with zero attached hydrogens (tertiary/aromatic N) is 1. The molecule has 0 aliphatic rings. The molecule has 0 aliphatic carbocycles. The van der Waals surface area contributed by atoms with Gasteiger partial charge in [0.25, 0.3) is 0 Å². The molecule has 0 fully saturated rings. The first-order valence-corrected chi connectivity index (χ1v) is 4.12. The van der Waals surface area contributed by atoms with Gasteiger partial charge in [0.2, 0.25) is 0 Å². The molecule has 0 saturated heterocycles. The maximum Gasteiger partial charge on any atom is 1.00 e. The Balaban J connectivity index is 0.000000980. The van der Waals surface area contributed by atoms with Crippen LogP contribution in [0.4, 0.5) is 0 Å². The molecule has 0 unspecified atom stereocenters. The van der Waals surface area contributed by atoms with Crippen LogP contribution in [0, 0.1) is 14.0 Å². The van der Waals surface area contributed by atoms with Crippen molar-refractivity contribution in [2.75, 3.05) is 0 Å². The maximum absolute atomic E-state index is 11.5. The van der Waals surface area contributed by atoms with Crippen LogP contribution in [0.1, 0.15) is 5.69 Å². The van der Waals surface area contributed by atoms with Crippen LogP contribution in [-0.2, 0) is 0 Å². The number of benzene rings is 1. The average Bonchev–Trinajstić information content (AvgIpc) is 2.12. The molecule has 2 aromatic rings. The van der Waals surface area contributed by atoms with Crippen LogP contribution in [0.25, 0.3) is 10.9 Å². The van der Waals surface area contributed by atoms with Gasteiger partial charge < -0.3 is 9.67 Å². The van der Waals surface area contributed by atoms with E-state index in [0.29, 0.717) is 5.52 Å². The molecule has 0 bridgehead atoms. The van der Waals surface area contributed by atoms with Gasteiger partial charge in [0.05, 0.1) is 5.69 Å². The van der Waals surface area contributed by atoms with Gasteiger partial charge in [-0.15, -0.1) is 0 Å². The molecule has 66 valence electrons. The average molecular weight is 195 g/mol. The van der Waals surface area contributed by atoms with Gasteiger partial charge in [-0.2, -0.15) is 0 Å². The monoisotopic (exact) mass is 195 g/mol. The summed E-state index contributed by atoms with van der Waals surface area (Å²) in [5, 5.41) is 12.4. The molecule has 3 heteroatoms. The Hall–Kier alpha value is -0.700. The summed E-state index contributed by atoms with van der Waals surface area (Å²) < 4.78 is 1.68. The molecule has 0 radical (unpaired) electrons. The summed E-state index contributed by atoms with van der Waals surface area (Å²) in [4.78, 5) is 0. The summed E-state index contributed by atoms with van der Waals surface area (Å²) in [5.74, 6) is 0.0243. The Morgan fingerprint density at radius 2 is 1.93 bits per heavy atom. The van der Waals surface area contributed by atoms with Crippen molar-refractivity contribution in [2.45, 2.75) is 6.92 Å². The maximum atomic E-state index is 11.5. The summed E-state index contributed by atoms with van der Waals surface area (Å²) in [6.45, 7) is 1.93. The first-order valence-electron chi connectivity index (χ1n) is 4.12. The van der Waals surface area contributed by atoms with E-state index in [9.17, 15) is 5.11 Å². The van der Waals surface area contributed by atoms with Crippen molar-refractivity contribution in [1.82, 2.24) is 0 Å². The van der Waals surface area contributed by atoms with Crippen LogP contribution in [0.15, 0.2) is 30.3 Å². The van der Waals surface area contributed by atoms with Gasteiger partial charge in [0, 0.05) is 7.05 Å². The zero-order valence-electron chi connectivity index (χ0n) is 8.45. The number of aromatic nitrogens is 1. The van der Waals surface area contributed by atoms with E-state index in [-0.39, 0.29) is 35.3 Å². The summed E-state index contributed by atoms with van der Waals surface area (Å²) >= 11 is 0. The van der Waals surface area contributed by atoms with E-state index in [2.05, 4.69) is 7.05 Å². The molecule has 2 rings (SSSR count). The Morgan fingerprint density at radius 3 is 2.64 bits per heavy atom. The van der Waals surface area contributed by atoms with E-state index in [4.69, 9.17) is 0 Å². The first kappa shape index (κ1) is 11.4. The number of hydrogen-bond donors (Lipinski definition) is 0. The number of rotatable bonds is 0. The second-order valence-electron chi connectivity index (χ2n) is 3.10. The summed E-state index contributed by atoms with van der Waals surface area (Å²) in [7, 11) is 3.83. The van der Waals surface area contributed by atoms with Gasteiger partial charge in [0.1, 0.15) is 5.52 Å². The Kier molecular flexibility index (Phi) is 3.43. The molecule has 1 aromatic carbocycles. The first-order chi connectivity index (χ1) is 6.20. The van der Waals surface area contributed by atoms with Crippen LogP contribution in [0.2, 0.25) is 0 Å². The largest absolute Gasteiger partial charge is 1.00 e. The van der Waals surface area contributed by atoms with Crippen LogP contribution in [0.5, 0.6) is 5.75 Å². The third-order valence-corrected chi connectivity index (χ3v) is 2.23. The van der Waals surface area contributed by atoms with E-state index < -0.39 is 0 Å². The molecule has 1 aromatic heterocycles. The summed E-state index contributed by atoms with van der Waals surface area (Å²) in [6, 6.07) is 9.13. The Labute approximate surface area is 105 Å². The number of pyridine rings is 1. The SMILES string of the molecule is [CH2-][n+]1c(C)ccc2cccc([O-])c21.[Na+]. The van der Waals surface area contributed by atoms with Crippen molar-refractivity contribution in [2.24, 2.45) is 0 Å². The van der Waals surface area contributed by atoms with Crippen molar-refractivity contribution in [3.8, 4) is 5.75 Å². The van der Waals surface area contributed by atoms with Crippen molar-refractivity contribution in [3.63, 3.8) is 0 Å². The fourth-order valence-electron chi connectivity index (χ4n) is 1.44. The van der Waals surface area contributed by atoms with E-state index in [1.165, 1.54) is 0 Å². The van der Waals surface area contributed by atoms with Crippen molar-refractivity contribution >= 4 is 10.9 Å². The molecule has 0 atom stereocenters. The molecular weight excluding hydrogens is 185 g/mol. The molecular formula is C11H10NNaO. The van der Waals surface area contributed by atoms with Gasteiger partial charge >= 0.3 is 29.6 Å². The fraction of sp³-hybridized carbons (Fsp3) is 0.0909. The Bertz CT molecular complexity index is 468. The smallest absolute Gasteiger partial charge is 0.877 e. The van der Waals surface area contributed by atoms with Gasteiger partial charge in [-0.3, -0.25) is 0 Å².